The monoisotopic (exact) mass is 299 g/mol. The zero-order chi connectivity index (χ0) is 13.8. The van der Waals surface area contributed by atoms with Gasteiger partial charge >= 0.3 is 6.03 Å². The van der Waals surface area contributed by atoms with Crippen LogP contribution in [-0.4, -0.2) is 41.7 Å². The van der Waals surface area contributed by atoms with Crippen LogP contribution >= 0.6 is 23.8 Å². The predicted octanol–water partition coefficient (Wildman–Crippen LogP) is 1.86. The van der Waals surface area contributed by atoms with Crippen molar-refractivity contribution in [2.24, 2.45) is 5.73 Å². The Morgan fingerprint density at radius 3 is 3.05 bits per heavy atom. The fourth-order valence-corrected chi connectivity index (χ4v) is 2.11. The van der Waals surface area contributed by atoms with Gasteiger partial charge < -0.3 is 20.7 Å². The molecular formula is C12H14ClN3O2S. The van der Waals surface area contributed by atoms with Crippen molar-refractivity contribution < 1.29 is 9.53 Å². The number of benzene rings is 1. The average molecular weight is 300 g/mol. The van der Waals surface area contributed by atoms with Gasteiger partial charge in [0.15, 0.2) is 0 Å². The number of nitrogens with zero attached hydrogens (tertiary/aromatic N) is 1. The summed E-state index contributed by atoms with van der Waals surface area (Å²) < 4.78 is 5.38. The molecule has 19 heavy (non-hydrogen) atoms. The van der Waals surface area contributed by atoms with Gasteiger partial charge in [-0.1, -0.05) is 29.9 Å². The van der Waals surface area contributed by atoms with Gasteiger partial charge in [0.2, 0.25) is 0 Å². The summed E-state index contributed by atoms with van der Waals surface area (Å²) in [5.74, 6) is 0. The molecule has 1 aromatic carbocycles. The molecule has 1 saturated heterocycles. The summed E-state index contributed by atoms with van der Waals surface area (Å²) in [6.45, 7) is 1.29. The number of morpholine rings is 1. The van der Waals surface area contributed by atoms with E-state index in [0.717, 1.165) is 0 Å². The van der Waals surface area contributed by atoms with Gasteiger partial charge in [0.05, 0.1) is 13.2 Å². The van der Waals surface area contributed by atoms with E-state index < -0.39 is 0 Å². The highest BCUT2D eigenvalue weighted by Crippen LogP contribution is 2.16. The minimum Gasteiger partial charge on any atom is -0.391 e. The molecule has 1 fully saturated rings. The molecule has 2 rings (SSSR count). The van der Waals surface area contributed by atoms with Crippen LogP contribution in [0.3, 0.4) is 0 Å². The number of rotatable bonds is 2. The van der Waals surface area contributed by atoms with Gasteiger partial charge in [-0.05, 0) is 18.2 Å². The van der Waals surface area contributed by atoms with Gasteiger partial charge in [0.25, 0.3) is 0 Å². The molecule has 7 heteroatoms. The number of carbonyl (C=O) groups excluding carboxylic acids is 1. The Morgan fingerprint density at radius 1 is 1.58 bits per heavy atom. The lowest BCUT2D eigenvalue weighted by Crippen LogP contribution is -2.51. The number of ether oxygens (including phenoxy) is 1. The highest BCUT2D eigenvalue weighted by atomic mass is 35.5. The van der Waals surface area contributed by atoms with E-state index in [1.165, 1.54) is 0 Å². The Bertz CT molecular complexity index is 498. The molecule has 0 radical (unpaired) electrons. The SMILES string of the molecule is NC(=S)C1CN(C(=O)Nc2cccc(Cl)c2)CCO1. The Hall–Kier alpha value is -1.37. The molecule has 0 aromatic heterocycles. The van der Waals surface area contributed by atoms with Crippen LogP contribution < -0.4 is 11.1 Å². The van der Waals surface area contributed by atoms with Crippen LogP contribution in [0.2, 0.25) is 5.02 Å². The van der Waals surface area contributed by atoms with E-state index in [0.29, 0.717) is 30.4 Å². The van der Waals surface area contributed by atoms with Crippen LogP contribution in [0.15, 0.2) is 24.3 Å². The maximum atomic E-state index is 12.1. The van der Waals surface area contributed by atoms with Gasteiger partial charge in [-0.3, -0.25) is 0 Å². The van der Waals surface area contributed by atoms with E-state index >= 15 is 0 Å². The van der Waals surface area contributed by atoms with E-state index in [-0.39, 0.29) is 17.1 Å². The third-order valence-corrected chi connectivity index (χ3v) is 3.24. The highest BCUT2D eigenvalue weighted by Gasteiger charge is 2.25. The number of amides is 2. The number of hydrogen-bond donors (Lipinski definition) is 2. The molecule has 1 atom stereocenters. The highest BCUT2D eigenvalue weighted by molar-refractivity contribution is 7.80. The molecule has 2 amide bonds. The lowest BCUT2D eigenvalue weighted by Gasteiger charge is -2.32. The maximum Gasteiger partial charge on any atom is 0.322 e. The second-order valence-corrected chi connectivity index (χ2v) is 5.06. The van der Waals surface area contributed by atoms with Crippen LogP contribution in [0.4, 0.5) is 10.5 Å². The largest absolute Gasteiger partial charge is 0.391 e. The van der Waals surface area contributed by atoms with Crippen molar-refractivity contribution in [2.45, 2.75) is 6.10 Å². The van der Waals surface area contributed by atoms with Crippen molar-refractivity contribution >= 4 is 40.5 Å². The van der Waals surface area contributed by atoms with Gasteiger partial charge in [-0.15, -0.1) is 0 Å². The number of halogens is 1. The van der Waals surface area contributed by atoms with Crippen molar-refractivity contribution in [3.63, 3.8) is 0 Å². The number of nitrogens with two attached hydrogens (primary N) is 1. The minimum absolute atomic E-state index is 0.216. The van der Waals surface area contributed by atoms with E-state index in [9.17, 15) is 4.79 Å². The van der Waals surface area contributed by atoms with Gasteiger partial charge in [0, 0.05) is 17.3 Å². The zero-order valence-corrected chi connectivity index (χ0v) is 11.7. The fourth-order valence-electron chi connectivity index (χ4n) is 1.77. The molecule has 0 spiro atoms. The molecule has 1 aliphatic heterocycles. The van der Waals surface area contributed by atoms with Crippen molar-refractivity contribution in [3.05, 3.63) is 29.3 Å². The summed E-state index contributed by atoms with van der Waals surface area (Å²) >= 11 is 10.7. The van der Waals surface area contributed by atoms with Crippen LogP contribution in [0.5, 0.6) is 0 Å². The number of urea groups is 1. The fraction of sp³-hybridized carbons (Fsp3) is 0.333. The second kappa shape index (κ2) is 6.18. The van der Waals surface area contributed by atoms with Crippen molar-refractivity contribution in [1.29, 1.82) is 0 Å². The first-order valence-electron chi connectivity index (χ1n) is 5.78. The number of thiocarbonyl (C=S) groups is 1. The Kier molecular flexibility index (Phi) is 4.57. The first-order valence-corrected chi connectivity index (χ1v) is 6.57. The molecule has 102 valence electrons. The summed E-state index contributed by atoms with van der Waals surface area (Å²) in [7, 11) is 0. The quantitative estimate of drug-likeness (QED) is 0.818. The number of nitrogens with one attached hydrogen (secondary N) is 1. The van der Waals surface area contributed by atoms with Crippen LogP contribution in [0.1, 0.15) is 0 Å². The summed E-state index contributed by atoms with van der Waals surface area (Å²) in [6, 6.07) is 6.76. The van der Waals surface area contributed by atoms with Crippen LogP contribution in [-0.2, 0) is 4.74 Å². The molecule has 1 heterocycles. The number of carbonyl (C=O) groups is 1. The Balaban J connectivity index is 1.98. The first kappa shape index (κ1) is 14.0. The third kappa shape index (κ3) is 3.79. The van der Waals surface area contributed by atoms with Gasteiger partial charge in [0.1, 0.15) is 11.1 Å². The molecule has 0 aliphatic carbocycles. The van der Waals surface area contributed by atoms with Crippen molar-refractivity contribution in [3.8, 4) is 0 Å². The van der Waals surface area contributed by atoms with E-state index in [2.05, 4.69) is 5.32 Å². The van der Waals surface area contributed by atoms with E-state index in [4.69, 9.17) is 34.3 Å². The van der Waals surface area contributed by atoms with Gasteiger partial charge in [-0.2, -0.15) is 0 Å². The molecule has 5 nitrogen and oxygen atoms in total. The summed E-state index contributed by atoms with van der Waals surface area (Å²) in [5.41, 5.74) is 6.18. The van der Waals surface area contributed by atoms with Crippen LogP contribution in [0.25, 0.3) is 0 Å². The Morgan fingerprint density at radius 2 is 2.37 bits per heavy atom. The lowest BCUT2D eigenvalue weighted by atomic mass is 10.3. The molecular weight excluding hydrogens is 286 g/mol. The lowest BCUT2D eigenvalue weighted by molar-refractivity contribution is 0.0251. The zero-order valence-electron chi connectivity index (χ0n) is 10.1. The smallest absolute Gasteiger partial charge is 0.322 e. The predicted molar refractivity (Wildman–Crippen MR) is 78.6 cm³/mol. The molecule has 0 saturated carbocycles. The molecule has 1 aliphatic rings. The van der Waals surface area contributed by atoms with Crippen LogP contribution in [0, 0.1) is 0 Å². The molecule has 0 bridgehead atoms. The minimum atomic E-state index is -0.381. The van der Waals surface area contributed by atoms with Crippen molar-refractivity contribution in [2.75, 3.05) is 25.0 Å². The molecule has 1 unspecified atom stereocenters. The third-order valence-electron chi connectivity index (χ3n) is 2.75. The Labute approximate surface area is 121 Å². The standard InChI is InChI=1S/C12H14ClN3O2S/c13-8-2-1-3-9(6-8)15-12(17)16-4-5-18-10(7-16)11(14)19/h1-3,6,10H,4-5,7H2,(H2,14,19)(H,15,17). The summed E-state index contributed by atoms with van der Waals surface area (Å²) in [4.78, 5) is 14.0. The number of anilines is 1. The normalized spacial score (nSPS) is 19.0. The average Bonchev–Trinajstić information content (AvgIpc) is 2.39. The van der Waals surface area contributed by atoms with E-state index in [1.807, 2.05) is 0 Å². The summed E-state index contributed by atoms with van der Waals surface area (Å²) in [6.07, 6.45) is -0.381. The molecule has 3 N–H and O–H groups in total. The van der Waals surface area contributed by atoms with Crippen molar-refractivity contribution in [1.82, 2.24) is 4.90 Å². The second-order valence-electron chi connectivity index (χ2n) is 4.15. The topological polar surface area (TPSA) is 67.6 Å². The molecule has 1 aromatic rings. The first-order chi connectivity index (χ1) is 9.06. The number of hydrogen-bond acceptors (Lipinski definition) is 3. The van der Waals surface area contributed by atoms with E-state index in [1.54, 1.807) is 29.2 Å². The summed E-state index contributed by atoms with van der Waals surface area (Å²) in [5, 5.41) is 3.35. The van der Waals surface area contributed by atoms with Gasteiger partial charge in [-0.25, -0.2) is 4.79 Å². The maximum absolute atomic E-state index is 12.1.